The molecule has 0 unspecified atom stereocenters. The summed E-state index contributed by atoms with van der Waals surface area (Å²) in [4.78, 5) is 12.1. The molecule has 0 aliphatic rings. The number of hydrogen-bond acceptors (Lipinski definition) is 1. The summed E-state index contributed by atoms with van der Waals surface area (Å²) in [5.74, 6) is 0.00940. The van der Waals surface area contributed by atoms with E-state index in [1.165, 1.54) is 0 Å². The smallest absolute Gasteiger partial charge is 0.193 e. The minimum absolute atomic E-state index is 0.00940. The molecule has 0 fully saturated rings. The summed E-state index contributed by atoms with van der Waals surface area (Å²) in [6.07, 6.45) is 0.874. The second-order valence-electron chi connectivity index (χ2n) is 3.85. The van der Waals surface area contributed by atoms with Crippen molar-refractivity contribution in [3.05, 3.63) is 70.2 Å². The first-order valence-corrected chi connectivity index (χ1v) is 5.98. The largest absolute Gasteiger partial charge is 0.289 e. The predicted octanol–water partition coefficient (Wildman–Crippen LogP) is 2.70. The fraction of sp³-hybridized carbons (Fsp3) is 0.0714. The fourth-order valence-corrected chi connectivity index (χ4v) is 2.05. The maximum atomic E-state index is 12.1. The number of halogens is 1. The zero-order valence-corrected chi connectivity index (χ0v) is 10.4. The summed E-state index contributed by atoms with van der Waals surface area (Å²) in [5.41, 5.74) is 2.39. The van der Waals surface area contributed by atoms with E-state index in [4.69, 9.17) is 11.6 Å². The predicted molar refractivity (Wildman–Crippen MR) is 73.6 cm³/mol. The van der Waals surface area contributed by atoms with Crippen molar-refractivity contribution in [3.8, 4) is 0 Å². The van der Waals surface area contributed by atoms with Gasteiger partial charge in [-0.2, -0.15) is 0 Å². The lowest BCUT2D eigenvalue weighted by atomic mass is 9.94. The molecule has 1 nitrogen and oxygen atoms in total. The maximum absolute atomic E-state index is 12.1. The molecule has 17 heavy (non-hydrogen) atoms. The SMILES string of the molecule is BCc1ccc(C(=O)c2ccccc2)cc1Cl. The lowest BCUT2D eigenvalue weighted by Crippen LogP contribution is -2.01. The molecule has 0 saturated carbocycles. The van der Waals surface area contributed by atoms with Crippen LogP contribution in [0.25, 0.3) is 0 Å². The van der Waals surface area contributed by atoms with E-state index >= 15 is 0 Å². The summed E-state index contributed by atoms with van der Waals surface area (Å²) >= 11 is 6.11. The Morgan fingerprint density at radius 3 is 2.35 bits per heavy atom. The van der Waals surface area contributed by atoms with Crippen LogP contribution in [0.1, 0.15) is 21.5 Å². The Hall–Kier alpha value is -1.54. The van der Waals surface area contributed by atoms with Gasteiger partial charge in [0.1, 0.15) is 7.85 Å². The average Bonchev–Trinajstić information content (AvgIpc) is 2.39. The van der Waals surface area contributed by atoms with Gasteiger partial charge in [0.25, 0.3) is 0 Å². The topological polar surface area (TPSA) is 17.1 Å². The van der Waals surface area contributed by atoms with Crippen molar-refractivity contribution in [3.63, 3.8) is 0 Å². The van der Waals surface area contributed by atoms with Crippen molar-refractivity contribution in [1.82, 2.24) is 0 Å². The van der Waals surface area contributed by atoms with Crippen LogP contribution in [-0.4, -0.2) is 13.6 Å². The van der Waals surface area contributed by atoms with Gasteiger partial charge in [0.2, 0.25) is 0 Å². The molecule has 2 aromatic carbocycles. The van der Waals surface area contributed by atoms with Crippen LogP contribution in [0.2, 0.25) is 5.02 Å². The summed E-state index contributed by atoms with van der Waals surface area (Å²) < 4.78 is 0. The van der Waals surface area contributed by atoms with E-state index in [9.17, 15) is 4.79 Å². The first kappa shape index (κ1) is 11.9. The second-order valence-corrected chi connectivity index (χ2v) is 4.26. The van der Waals surface area contributed by atoms with E-state index in [1.807, 2.05) is 50.3 Å². The van der Waals surface area contributed by atoms with Gasteiger partial charge >= 0.3 is 0 Å². The molecule has 3 heteroatoms. The molecule has 0 spiro atoms. The van der Waals surface area contributed by atoms with Crippen molar-refractivity contribution < 1.29 is 4.79 Å². The number of ketones is 1. The summed E-state index contributed by atoms with van der Waals surface area (Å²) in [6.45, 7) is 0. The first-order chi connectivity index (χ1) is 8.22. The Kier molecular flexibility index (Phi) is 3.65. The van der Waals surface area contributed by atoms with E-state index < -0.39 is 0 Å². The second kappa shape index (κ2) is 5.20. The molecule has 0 amide bonds. The van der Waals surface area contributed by atoms with Gasteiger partial charge in [-0.15, -0.1) is 0 Å². The van der Waals surface area contributed by atoms with Gasteiger partial charge in [-0.25, -0.2) is 0 Å². The summed E-state index contributed by atoms with van der Waals surface area (Å²) in [6, 6.07) is 14.7. The van der Waals surface area contributed by atoms with Crippen molar-refractivity contribution >= 4 is 25.2 Å². The van der Waals surface area contributed by atoms with E-state index in [-0.39, 0.29) is 5.78 Å². The molecular weight excluding hydrogens is 230 g/mol. The number of benzene rings is 2. The van der Waals surface area contributed by atoms with Gasteiger partial charge in [-0.05, 0) is 11.6 Å². The molecule has 2 rings (SSSR count). The number of rotatable bonds is 3. The van der Waals surface area contributed by atoms with Gasteiger partial charge in [0.15, 0.2) is 5.78 Å². The Balaban J connectivity index is 2.35. The highest BCUT2D eigenvalue weighted by Gasteiger charge is 2.09. The maximum Gasteiger partial charge on any atom is 0.193 e. The monoisotopic (exact) mass is 242 g/mol. The zero-order valence-electron chi connectivity index (χ0n) is 9.61. The minimum Gasteiger partial charge on any atom is -0.289 e. The van der Waals surface area contributed by atoms with Crippen LogP contribution in [0.4, 0.5) is 0 Å². The third kappa shape index (κ3) is 2.59. The fourth-order valence-electron chi connectivity index (χ4n) is 1.73. The van der Waals surface area contributed by atoms with E-state index in [1.54, 1.807) is 6.07 Å². The molecule has 84 valence electrons. The Bertz CT molecular complexity index is 537. The van der Waals surface area contributed by atoms with Gasteiger partial charge in [-0.3, -0.25) is 4.79 Å². The molecule has 2 aromatic rings. The van der Waals surface area contributed by atoms with Crippen LogP contribution in [0.15, 0.2) is 48.5 Å². The van der Waals surface area contributed by atoms with Crippen LogP contribution >= 0.6 is 11.6 Å². The van der Waals surface area contributed by atoms with Crippen molar-refractivity contribution in [2.24, 2.45) is 0 Å². The molecule has 0 aromatic heterocycles. The van der Waals surface area contributed by atoms with Crippen molar-refractivity contribution in [1.29, 1.82) is 0 Å². The summed E-state index contributed by atoms with van der Waals surface area (Å²) in [7, 11) is 2.04. The molecule has 0 N–H and O–H groups in total. The third-order valence-electron chi connectivity index (χ3n) is 2.73. The average molecular weight is 243 g/mol. The highest BCUT2D eigenvalue weighted by Crippen LogP contribution is 2.19. The Labute approximate surface area is 107 Å². The molecule has 0 aliphatic heterocycles. The highest BCUT2D eigenvalue weighted by molar-refractivity contribution is 6.32. The molecule has 0 aliphatic carbocycles. The van der Waals surface area contributed by atoms with E-state index in [2.05, 4.69) is 0 Å². The van der Waals surface area contributed by atoms with Gasteiger partial charge in [0, 0.05) is 16.1 Å². The number of carbonyl (C=O) groups is 1. The van der Waals surface area contributed by atoms with E-state index in [0.29, 0.717) is 16.1 Å². The molecule has 0 saturated heterocycles. The van der Waals surface area contributed by atoms with Gasteiger partial charge in [-0.1, -0.05) is 60.4 Å². The molecule has 0 bridgehead atoms. The van der Waals surface area contributed by atoms with Gasteiger partial charge < -0.3 is 0 Å². The van der Waals surface area contributed by atoms with Crippen LogP contribution in [0.5, 0.6) is 0 Å². The minimum atomic E-state index is 0.00940. The van der Waals surface area contributed by atoms with Gasteiger partial charge in [0.05, 0.1) is 0 Å². The quantitative estimate of drug-likeness (QED) is 0.597. The molecule has 0 atom stereocenters. The zero-order chi connectivity index (χ0) is 12.3. The van der Waals surface area contributed by atoms with Crippen LogP contribution in [0, 0.1) is 0 Å². The normalized spacial score (nSPS) is 10.2. The number of carbonyl (C=O) groups excluding carboxylic acids is 1. The van der Waals surface area contributed by atoms with Crippen molar-refractivity contribution in [2.45, 2.75) is 6.32 Å². The van der Waals surface area contributed by atoms with Crippen LogP contribution in [-0.2, 0) is 6.32 Å². The Morgan fingerprint density at radius 1 is 1.06 bits per heavy atom. The van der Waals surface area contributed by atoms with Crippen LogP contribution in [0.3, 0.4) is 0 Å². The Morgan fingerprint density at radius 2 is 1.76 bits per heavy atom. The van der Waals surface area contributed by atoms with Crippen LogP contribution < -0.4 is 0 Å². The van der Waals surface area contributed by atoms with E-state index in [0.717, 1.165) is 11.9 Å². The number of hydrogen-bond donors (Lipinski definition) is 0. The highest BCUT2D eigenvalue weighted by atomic mass is 35.5. The third-order valence-corrected chi connectivity index (χ3v) is 3.08. The molecule has 0 radical (unpaired) electrons. The first-order valence-electron chi connectivity index (χ1n) is 5.60. The molecular formula is C14H12BClO. The lowest BCUT2D eigenvalue weighted by molar-refractivity contribution is 0.103. The van der Waals surface area contributed by atoms with Crippen molar-refractivity contribution in [2.75, 3.05) is 0 Å². The lowest BCUT2D eigenvalue weighted by Gasteiger charge is -2.05. The molecule has 0 heterocycles. The standard InChI is InChI=1S/C14H12BClO/c15-9-12-7-6-11(8-13(12)16)14(17)10-4-2-1-3-5-10/h1-8H,9,15H2. The summed E-state index contributed by atoms with van der Waals surface area (Å²) in [5, 5.41) is 0.661.